The number of aromatic amines is 1. The highest BCUT2D eigenvalue weighted by Gasteiger charge is 2.14. The molecule has 1 aromatic heterocycles. The van der Waals surface area contributed by atoms with Crippen molar-refractivity contribution < 1.29 is 0 Å². The lowest BCUT2D eigenvalue weighted by molar-refractivity contribution is 0.321. The number of hydrogen-bond acceptors (Lipinski definition) is 3. The summed E-state index contributed by atoms with van der Waals surface area (Å²) in [6.45, 7) is 11.4. The highest BCUT2D eigenvalue weighted by Crippen LogP contribution is 2.19. The number of pyridine rings is 1. The van der Waals surface area contributed by atoms with Crippen molar-refractivity contribution in [2.24, 2.45) is 5.92 Å². The molecule has 0 aliphatic heterocycles. The summed E-state index contributed by atoms with van der Waals surface area (Å²) in [5.41, 5.74) is 3.91. The molecule has 2 N–H and O–H groups in total. The molecule has 0 aliphatic rings. The molecule has 148 valence electrons. The van der Waals surface area contributed by atoms with Gasteiger partial charge in [-0.1, -0.05) is 26.0 Å². The normalized spacial score (nSPS) is 11.4. The van der Waals surface area contributed by atoms with E-state index in [1.807, 2.05) is 27.1 Å². The zero-order chi connectivity index (χ0) is 20.1. The van der Waals surface area contributed by atoms with E-state index in [0.29, 0.717) is 17.6 Å². The number of nitrogens with one attached hydrogen (secondary N) is 2. The molecule has 0 amide bonds. The molecule has 2 rings (SSSR count). The Morgan fingerprint density at radius 3 is 2.56 bits per heavy atom. The van der Waals surface area contributed by atoms with Crippen LogP contribution < -0.4 is 10.9 Å². The molecule has 0 unspecified atom stereocenters. The summed E-state index contributed by atoms with van der Waals surface area (Å²) in [6, 6.07) is 6.16. The third-order valence-corrected chi connectivity index (χ3v) is 5.16. The Hall–Kier alpha value is -1.92. The number of rotatable bonds is 7. The molecule has 0 atom stereocenters. The second-order valence-electron chi connectivity index (χ2n) is 7.90. The van der Waals surface area contributed by atoms with E-state index in [4.69, 9.17) is 12.2 Å². The third-order valence-electron chi connectivity index (χ3n) is 4.76. The topological polar surface area (TPSA) is 51.4 Å². The van der Waals surface area contributed by atoms with E-state index in [0.717, 1.165) is 41.7 Å². The number of benzene rings is 1. The number of aromatic nitrogens is 1. The van der Waals surface area contributed by atoms with Crippen LogP contribution in [0.25, 0.3) is 10.9 Å². The van der Waals surface area contributed by atoms with Gasteiger partial charge in [0.15, 0.2) is 5.11 Å². The fourth-order valence-electron chi connectivity index (χ4n) is 2.87. The van der Waals surface area contributed by atoms with Crippen molar-refractivity contribution in [3.05, 3.63) is 45.2 Å². The van der Waals surface area contributed by atoms with Gasteiger partial charge in [-0.25, -0.2) is 0 Å². The Bertz CT molecular complexity index is 857. The standard InChI is InChI=1S/C21H32N4OS/c1-14(2)12-22-21(27)25(10-9-24(5)6)13-18-11-17-8-7-15(3)16(4)19(17)23-20(18)26/h7-8,11,14H,9-10,12-13H2,1-6H3,(H,22,27)(H,23,26). The van der Waals surface area contributed by atoms with Gasteiger partial charge in [-0.2, -0.15) is 0 Å². The molecule has 0 saturated carbocycles. The fraction of sp³-hybridized carbons (Fsp3) is 0.524. The van der Waals surface area contributed by atoms with Gasteiger partial charge in [0.25, 0.3) is 5.56 Å². The molecular formula is C21H32N4OS. The molecule has 1 aromatic carbocycles. The molecular weight excluding hydrogens is 356 g/mol. The molecule has 5 nitrogen and oxygen atoms in total. The monoisotopic (exact) mass is 388 g/mol. The minimum Gasteiger partial charge on any atom is -0.362 e. The van der Waals surface area contributed by atoms with Crippen molar-refractivity contribution >= 4 is 28.2 Å². The number of aryl methyl sites for hydroxylation is 2. The maximum Gasteiger partial charge on any atom is 0.253 e. The highest BCUT2D eigenvalue weighted by atomic mass is 32.1. The van der Waals surface area contributed by atoms with E-state index in [1.165, 1.54) is 5.56 Å². The molecule has 0 bridgehead atoms. The smallest absolute Gasteiger partial charge is 0.253 e. The quantitative estimate of drug-likeness (QED) is 0.714. The number of H-pyrrole nitrogens is 1. The summed E-state index contributed by atoms with van der Waals surface area (Å²) in [6.07, 6.45) is 0. The fourth-order valence-corrected chi connectivity index (χ4v) is 3.11. The van der Waals surface area contributed by atoms with Crippen LogP contribution in [-0.2, 0) is 6.54 Å². The van der Waals surface area contributed by atoms with Crippen LogP contribution in [0.5, 0.6) is 0 Å². The number of hydrogen-bond donors (Lipinski definition) is 2. The van der Waals surface area contributed by atoms with Gasteiger partial charge in [0.05, 0.1) is 12.1 Å². The SMILES string of the molecule is Cc1ccc2cc(CN(CCN(C)C)C(=S)NCC(C)C)c(=O)[nH]c2c1C. The van der Waals surface area contributed by atoms with Crippen LogP contribution in [0.3, 0.4) is 0 Å². The number of thiocarbonyl (C=S) groups is 1. The Balaban J connectivity index is 2.29. The van der Waals surface area contributed by atoms with Crippen molar-refractivity contribution in [3.63, 3.8) is 0 Å². The first-order valence-electron chi connectivity index (χ1n) is 9.48. The van der Waals surface area contributed by atoms with Crippen LogP contribution in [-0.4, -0.2) is 53.6 Å². The predicted molar refractivity (Wildman–Crippen MR) is 118 cm³/mol. The van der Waals surface area contributed by atoms with E-state index in [2.05, 4.69) is 53.0 Å². The van der Waals surface area contributed by atoms with Crippen molar-refractivity contribution in [1.29, 1.82) is 0 Å². The number of nitrogens with zero attached hydrogens (tertiary/aromatic N) is 2. The van der Waals surface area contributed by atoms with E-state index in [1.54, 1.807) is 0 Å². The highest BCUT2D eigenvalue weighted by molar-refractivity contribution is 7.80. The zero-order valence-electron chi connectivity index (χ0n) is 17.3. The molecule has 0 saturated heterocycles. The molecule has 0 fully saturated rings. The minimum absolute atomic E-state index is 0.0438. The van der Waals surface area contributed by atoms with Gasteiger partial charge in [-0.05, 0) is 68.7 Å². The van der Waals surface area contributed by atoms with Crippen LogP contribution in [0.2, 0.25) is 0 Å². The van der Waals surface area contributed by atoms with E-state index >= 15 is 0 Å². The summed E-state index contributed by atoms with van der Waals surface area (Å²) in [5.74, 6) is 0.508. The van der Waals surface area contributed by atoms with Crippen molar-refractivity contribution in [2.75, 3.05) is 33.7 Å². The van der Waals surface area contributed by atoms with Gasteiger partial charge >= 0.3 is 0 Å². The van der Waals surface area contributed by atoms with E-state index < -0.39 is 0 Å². The maximum absolute atomic E-state index is 12.7. The molecule has 1 heterocycles. The zero-order valence-corrected chi connectivity index (χ0v) is 18.2. The number of likely N-dealkylation sites (N-methyl/N-ethyl adjacent to an activating group) is 1. The molecule has 6 heteroatoms. The van der Waals surface area contributed by atoms with Crippen LogP contribution in [0.1, 0.15) is 30.5 Å². The Morgan fingerprint density at radius 1 is 1.22 bits per heavy atom. The molecule has 0 radical (unpaired) electrons. The molecule has 0 aliphatic carbocycles. The molecule has 0 spiro atoms. The van der Waals surface area contributed by atoms with Gasteiger partial charge in [0.1, 0.15) is 0 Å². The third kappa shape index (κ3) is 5.78. The van der Waals surface area contributed by atoms with Crippen LogP contribution in [0.15, 0.2) is 23.0 Å². The second kappa shape index (κ2) is 9.33. The van der Waals surface area contributed by atoms with Crippen molar-refractivity contribution in [3.8, 4) is 0 Å². The average molecular weight is 389 g/mol. The van der Waals surface area contributed by atoms with Crippen LogP contribution >= 0.6 is 12.2 Å². The van der Waals surface area contributed by atoms with Crippen LogP contribution in [0.4, 0.5) is 0 Å². The van der Waals surface area contributed by atoms with Gasteiger partial charge in [-0.3, -0.25) is 4.79 Å². The molecule has 2 aromatic rings. The Morgan fingerprint density at radius 2 is 1.93 bits per heavy atom. The largest absolute Gasteiger partial charge is 0.362 e. The first kappa shape index (κ1) is 21.4. The first-order valence-corrected chi connectivity index (χ1v) is 9.89. The number of fused-ring (bicyclic) bond motifs is 1. The predicted octanol–water partition coefficient (Wildman–Crippen LogP) is 3.04. The summed E-state index contributed by atoms with van der Waals surface area (Å²) >= 11 is 5.61. The summed E-state index contributed by atoms with van der Waals surface area (Å²) < 4.78 is 0. The summed E-state index contributed by atoms with van der Waals surface area (Å²) in [7, 11) is 4.08. The van der Waals surface area contributed by atoms with Crippen molar-refractivity contribution in [2.45, 2.75) is 34.2 Å². The summed E-state index contributed by atoms with van der Waals surface area (Å²) in [4.78, 5) is 20.0. The Labute approximate surface area is 167 Å². The average Bonchev–Trinajstić information content (AvgIpc) is 2.60. The van der Waals surface area contributed by atoms with Gasteiger partial charge in [0, 0.05) is 25.2 Å². The molecule has 27 heavy (non-hydrogen) atoms. The van der Waals surface area contributed by atoms with E-state index in [9.17, 15) is 4.79 Å². The lowest BCUT2D eigenvalue weighted by atomic mass is 10.0. The van der Waals surface area contributed by atoms with E-state index in [-0.39, 0.29) is 5.56 Å². The van der Waals surface area contributed by atoms with Gasteiger partial charge in [-0.15, -0.1) is 0 Å². The van der Waals surface area contributed by atoms with Gasteiger partial charge < -0.3 is 20.1 Å². The Kier molecular flexibility index (Phi) is 7.39. The maximum atomic E-state index is 12.7. The lowest BCUT2D eigenvalue weighted by Crippen LogP contribution is -2.44. The minimum atomic E-state index is -0.0438. The van der Waals surface area contributed by atoms with Crippen molar-refractivity contribution in [1.82, 2.24) is 20.1 Å². The lowest BCUT2D eigenvalue weighted by Gasteiger charge is -2.27. The van der Waals surface area contributed by atoms with Crippen LogP contribution in [0, 0.1) is 19.8 Å². The first-order chi connectivity index (χ1) is 12.7. The van der Waals surface area contributed by atoms with Gasteiger partial charge in [0.2, 0.25) is 0 Å². The summed E-state index contributed by atoms with van der Waals surface area (Å²) in [5, 5.41) is 5.08. The second-order valence-corrected chi connectivity index (χ2v) is 8.29.